The molecule has 0 radical (unpaired) electrons. The van der Waals surface area contributed by atoms with Crippen molar-refractivity contribution in [3.8, 4) is 44.5 Å². The summed E-state index contributed by atoms with van der Waals surface area (Å²) in [5, 5.41) is 7.25. The van der Waals surface area contributed by atoms with Gasteiger partial charge >= 0.3 is 0 Å². The van der Waals surface area contributed by atoms with E-state index in [1.54, 1.807) is 0 Å². The van der Waals surface area contributed by atoms with Crippen LogP contribution in [0.3, 0.4) is 0 Å². The number of hydrogen-bond donors (Lipinski definition) is 0. The number of anilines is 3. The number of nitrogens with zero attached hydrogens (tertiary/aromatic N) is 1. The molecule has 1 heterocycles. The summed E-state index contributed by atoms with van der Waals surface area (Å²) >= 11 is 0. The zero-order valence-electron chi connectivity index (χ0n) is 31.7. The van der Waals surface area contributed by atoms with Crippen LogP contribution in [0.4, 0.5) is 17.1 Å². The van der Waals surface area contributed by atoms with Gasteiger partial charge in [-0.25, -0.2) is 0 Å². The van der Waals surface area contributed by atoms with Gasteiger partial charge in [0.25, 0.3) is 0 Å². The lowest BCUT2D eigenvalue weighted by atomic mass is 9.88. The molecule has 1 aromatic heterocycles. The fraction of sp³-hybridized carbons (Fsp3) is 0. The Morgan fingerprint density at radius 3 is 1.57 bits per heavy atom. The maximum absolute atomic E-state index is 6.49. The van der Waals surface area contributed by atoms with Gasteiger partial charge in [-0.1, -0.05) is 176 Å². The van der Waals surface area contributed by atoms with Crippen LogP contribution in [0.2, 0.25) is 0 Å². The second-order valence-corrected chi connectivity index (χ2v) is 14.8. The van der Waals surface area contributed by atoms with E-state index < -0.39 is 0 Å². The Hall–Kier alpha value is -7.68. The molecule has 0 aliphatic heterocycles. The highest BCUT2D eigenvalue weighted by Crippen LogP contribution is 2.46. The fourth-order valence-corrected chi connectivity index (χ4v) is 8.80. The monoisotopic (exact) mass is 739 g/mol. The van der Waals surface area contributed by atoms with Crippen LogP contribution in [0.5, 0.6) is 0 Å². The van der Waals surface area contributed by atoms with E-state index in [2.05, 4.69) is 217 Å². The zero-order valence-corrected chi connectivity index (χ0v) is 31.7. The Bertz CT molecular complexity index is 3290. The number of furan rings is 1. The largest absolute Gasteiger partial charge is 0.456 e. The van der Waals surface area contributed by atoms with Gasteiger partial charge in [-0.3, -0.25) is 0 Å². The lowest BCUT2D eigenvalue weighted by Crippen LogP contribution is -2.11. The summed E-state index contributed by atoms with van der Waals surface area (Å²) in [6, 6.07) is 80.7. The van der Waals surface area contributed by atoms with E-state index in [0.29, 0.717) is 0 Å². The molecule has 0 aliphatic rings. The molecule has 58 heavy (non-hydrogen) atoms. The van der Waals surface area contributed by atoms with Crippen molar-refractivity contribution in [2.24, 2.45) is 0 Å². The molecule has 2 heteroatoms. The third-order valence-electron chi connectivity index (χ3n) is 11.5. The molecule has 0 aliphatic carbocycles. The fourth-order valence-electron chi connectivity index (χ4n) is 8.80. The predicted molar refractivity (Wildman–Crippen MR) is 245 cm³/mol. The lowest BCUT2D eigenvalue weighted by molar-refractivity contribution is 0.669. The number of hydrogen-bond acceptors (Lipinski definition) is 2. The van der Waals surface area contributed by atoms with E-state index in [-0.39, 0.29) is 0 Å². The summed E-state index contributed by atoms with van der Waals surface area (Å²) in [6.07, 6.45) is 0. The molecule has 0 saturated carbocycles. The van der Waals surface area contributed by atoms with Gasteiger partial charge in [-0.15, -0.1) is 0 Å². The van der Waals surface area contributed by atoms with Crippen LogP contribution in [0.25, 0.3) is 88.0 Å². The van der Waals surface area contributed by atoms with Crippen molar-refractivity contribution in [3.05, 3.63) is 224 Å². The molecule has 272 valence electrons. The first-order valence-corrected chi connectivity index (χ1v) is 19.8. The normalized spacial score (nSPS) is 11.4. The number of benzene rings is 10. The van der Waals surface area contributed by atoms with Gasteiger partial charge in [0.1, 0.15) is 11.2 Å². The highest BCUT2D eigenvalue weighted by atomic mass is 16.3. The van der Waals surface area contributed by atoms with Crippen molar-refractivity contribution >= 4 is 60.5 Å². The molecule has 11 rings (SSSR count). The molecule has 2 nitrogen and oxygen atoms in total. The van der Waals surface area contributed by atoms with Crippen molar-refractivity contribution in [2.75, 3.05) is 4.90 Å². The zero-order chi connectivity index (χ0) is 38.4. The van der Waals surface area contributed by atoms with Gasteiger partial charge in [0.05, 0.1) is 5.69 Å². The third kappa shape index (κ3) is 5.74. The van der Waals surface area contributed by atoms with Gasteiger partial charge in [0.15, 0.2) is 0 Å². The predicted octanol–water partition coefficient (Wildman–Crippen LogP) is 16.0. The smallest absolute Gasteiger partial charge is 0.137 e. The maximum Gasteiger partial charge on any atom is 0.137 e. The summed E-state index contributed by atoms with van der Waals surface area (Å²) in [7, 11) is 0. The first-order chi connectivity index (χ1) is 28.8. The van der Waals surface area contributed by atoms with Crippen LogP contribution >= 0.6 is 0 Å². The van der Waals surface area contributed by atoms with E-state index in [1.165, 1.54) is 54.9 Å². The Labute approximate surface area is 337 Å². The van der Waals surface area contributed by atoms with Crippen LogP contribution in [-0.2, 0) is 0 Å². The number of fused-ring (bicyclic) bond motifs is 6. The molecular formula is C56H37NO. The molecule has 0 atom stereocenters. The van der Waals surface area contributed by atoms with Crippen LogP contribution in [0.15, 0.2) is 229 Å². The standard InChI is InChI=1S/C56H37NO/c1-2-16-38(17-3-1)43-19-6-7-21-45(43)47-23-9-10-24-48(47)50-26-12-14-28-54(50)57(42-34-35-52-51-27-13-15-29-55(51)58-56(52)37-42)41-32-30-39(31-33-41)53-36-40-18-4-5-20-44(40)46-22-8-11-25-49(46)53/h1-37H. The SMILES string of the molecule is c1ccc(-c2ccccc2-c2ccccc2-c2ccccc2N(c2ccc(-c3cc4ccccc4c4ccccc34)cc2)c2ccc3c(c2)oc2ccccc23)cc1. The molecule has 0 bridgehead atoms. The van der Waals surface area contributed by atoms with Gasteiger partial charge in [-0.2, -0.15) is 0 Å². The molecule has 11 aromatic rings. The molecule has 0 unspecified atom stereocenters. The minimum absolute atomic E-state index is 0.859. The molecule has 10 aromatic carbocycles. The van der Waals surface area contributed by atoms with Crippen LogP contribution in [-0.4, -0.2) is 0 Å². The Kier molecular flexibility index (Phi) is 8.19. The summed E-state index contributed by atoms with van der Waals surface area (Å²) < 4.78 is 6.49. The topological polar surface area (TPSA) is 16.4 Å². The van der Waals surface area contributed by atoms with Crippen molar-refractivity contribution < 1.29 is 4.42 Å². The van der Waals surface area contributed by atoms with Gasteiger partial charge in [0.2, 0.25) is 0 Å². The first-order valence-electron chi connectivity index (χ1n) is 19.8. The Morgan fingerprint density at radius 1 is 0.276 bits per heavy atom. The van der Waals surface area contributed by atoms with Gasteiger partial charge in [0, 0.05) is 33.8 Å². The second kappa shape index (κ2) is 14.1. The van der Waals surface area contributed by atoms with Crippen LogP contribution in [0, 0.1) is 0 Å². The van der Waals surface area contributed by atoms with E-state index >= 15 is 0 Å². The Balaban J connectivity index is 1.10. The number of rotatable bonds is 7. The van der Waals surface area contributed by atoms with E-state index in [1.807, 2.05) is 12.1 Å². The minimum atomic E-state index is 0.859. The van der Waals surface area contributed by atoms with Crippen LogP contribution in [0.1, 0.15) is 0 Å². The summed E-state index contributed by atoms with van der Waals surface area (Å²) in [4.78, 5) is 2.38. The molecule has 0 N–H and O–H groups in total. The van der Waals surface area contributed by atoms with Crippen molar-refractivity contribution in [1.29, 1.82) is 0 Å². The van der Waals surface area contributed by atoms with Crippen molar-refractivity contribution in [1.82, 2.24) is 0 Å². The van der Waals surface area contributed by atoms with Crippen molar-refractivity contribution in [3.63, 3.8) is 0 Å². The van der Waals surface area contributed by atoms with E-state index in [9.17, 15) is 0 Å². The highest BCUT2D eigenvalue weighted by molar-refractivity contribution is 6.14. The van der Waals surface area contributed by atoms with Crippen LogP contribution < -0.4 is 4.90 Å². The van der Waals surface area contributed by atoms with E-state index in [4.69, 9.17) is 4.42 Å². The second-order valence-electron chi connectivity index (χ2n) is 14.8. The summed E-state index contributed by atoms with van der Waals surface area (Å²) in [5.74, 6) is 0. The lowest BCUT2D eigenvalue weighted by Gasteiger charge is -2.28. The average Bonchev–Trinajstić information content (AvgIpc) is 3.68. The number of para-hydroxylation sites is 2. The quantitative estimate of drug-likeness (QED) is 0.151. The summed E-state index contributed by atoms with van der Waals surface area (Å²) in [6.45, 7) is 0. The van der Waals surface area contributed by atoms with Crippen molar-refractivity contribution in [2.45, 2.75) is 0 Å². The molecule has 0 spiro atoms. The maximum atomic E-state index is 6.49. The molecule has 0 saturated heterocycles. The first kappa shape index (κ1) is 33.6. The highest BCUT2D eigenvalue weighted by Gasteiger charge is 2.21. The minimum Gasteiger partial charge on any atom is -0.456 e. The average molecular weight is 740 g/mol. The molecule has 0 amide bonds. The van der Waals surface area contributed by atoms with Gasteiger partial charge < -0.3 is 9.32 Å². The van der Waals surface area contributed by atoms with E-state index in [0.717, 1.165) is 50.1 Å². The summed E-state index contributed by atoms with van der Waals surface area (Å²) in [5.41, 5.74) is 14.4. The molecular weight excluding hydrogens is 703 g/mol. The molecule has 0 fully saturated rings. The third-order valence-corrected chi connectivity index (χ3v) is 11.5. The van der Waals surface area contributed by atoms with Gasteiger partial charge in [-0.05, 0) is 103 Å². The Morgan fingerprint density at radius 2 is 0.793 bits per heavy atom.